The molecule has 1 aromatic carbocycles. The highest BCUT2D eigenvalue weighted by molar-refractivity contribution is 7.90. The van der Waals surface area contributed by atoms with Crippen LogP contribution < -0.4 is 5.32 Å². The molecule has 28 heavy (non-hydrogen) atoms. The maximum Gasteiger partial charge on any atom is 0.284 e. The highest BCUT2D eigenvalue weighted by atomic mass is 32.2. The molecule has 0 unspecified atom stereocenters. The summed E-state index contributed by atoms with van der Waals surface area (Å²) in [4.78, 5) is 13.9. The molecule has 0 radical (unpaired) electrons. The third kappa shape index (κ3) is 6.28. The van der Waals surface area contributed by atoms with Crippen LogP contribution in [-0.4, -0.2) is 71.2 Å². The number of carbonyl (C=O) groups excluding carboxylic acids is 1. The molecule has 1 fully saturated rings. The molecule has 1 heterocycles. The third-order valence-electron chi connectivity index (χ3n) is 4.41. The van der Waals surface area contributed by atoms with Gasteiger partial charge in [-0.05, 0) is 31.0 Å². The maximum atomic E-state index is 12.7. The van der Waals surface area contributed by atoms with Crippen LogP contribution in [0.4, 0.5) is 5.69 Å². The fourth-order valence-corrected chi connectivity index (χ4v) is 4.18. The molecule has 0 atom stereocenters. The molecule has 0 spiro atoms. The van der Waals surface area contributed by atoms with Gasteiger partial charge in [-0.25, -0.2) is 8.42 Å². The second-order valence-corrected chi connectivity index (χ2v) is 10.5. The van der Waals surface area contributed by atoms with E-state index in [1.54, 1.807) is 0 Å². The second-order valence-electron chi connectivity index (χ2n) is 6.81. The van der Waals surface area contributed by atoms with Gasteiger partial charge in [0.05, 0.1) is 17.7 Å². The van der Waals surface area contributed by atoms with E-state index in [0.29, 0.717) is 12.3 Å². The number of carbonyl (C=O) groups is 1. The van der Waals surface area contributed by atoms with Gasteiger partial charge in [0.2, 0.25) is 15.9 Å². The van der Waals surface area contributed by atoms with Crippen LogP contribution in [0.15, 0.2) is 33.6 Å². The quantitative estimate of drug-likeness (QED) is 0.723. The zero-order chi connectivity index (χ0) is 20.9. The minimum Gasteiger partial charge on any atom is -0.362 e. The summed E-state index contributed by atoms with van der Waals surface area (Å²) >= 11 is 0. The monoisotopic (exact) mass is 430 g/mol. The van der Waals surface area contributed by atoms with Crippen LogP contribution >= 0.6 is 0 Å². The minimum atomic E-state index is -3.92. The van der Waals surface area contributed by atoms with Crippen molar-refractivity contribution >= 4 is 37.5 Å². The van der Waals surface area contributed by atoms with Crippen LogP contribution in [0.5, 0.6) is 0 Å². The van der Waals surface area contributed by atoms with Crippen LogP contribution in [-0.2, 0) is 24.8 Å². The van der Waals surface area contributed by atoms with E-state index in [1.165, 1.54) is 31.3 Å². The number of hydrogen-bond acceptors (Lipinski definition) is 5. The van der Waals surface area contributed by atoms with Crippen molar-refractivity contribution in [3.8, 4) is 0 Å². The molecule has 0 aromatic heterocycles. The Morgan fingerprint density at radius 2 is 1.93 bits per heavy atom. The predicted molar refractivity (Wildman–Crippen MR) is 108 cm³/mol. The van der Waals surface area contributed by atoms with Crippen molar-refractivity contribution in [2.24, 2.45) is 4.40 Å². The largest absolute Gasteiger partial charge is 0.362 e. The van der Waals surface area contributed by atoms with Gasteiger partial charge in [0.25, 0.3) is 10.0 Å². The molecule has 0 bridgehead atoms. The van der Waals surface area contributed by atoms with Crippen molar-refractivity contribution in [2.45, 2.75) is 30.6 Å². The van der Waals surface area contributed by atoms with Gasteiger partial charge in [-0.1, -0.05) is 12.5 Å². The predicted octanol–water partition coefficient (Wildman–Crippen LogP) is 1.11. The number of hydrogen-bond donors (Lipinski definition) is 1. The van der Waals surface area contributed by atoms with Crippen LogP contribution in [0.25, 0.3) is 0 Å². The summed E-state index contributed by atoms with van der Waals surface area (Å²) in [6, 6.07) is 5.75. The van der Waals surface area contributed by atoms with Crippen LogP contribution in [0.3, 0.4) is 0 Å². The topological polar surface area (TPSA) is 116 Å². The van der Waals surface area contributed by atoms with Crippen molar-refractivity contribution in [3.05, 3.63) is 24.3 Å². The first-order chi connectivity index (χ1) is 13.0. The van der Waals surface area contributed by atoms with Crippen LogP contribution in [0, 0.1) is 0 Å². The number of nitrogens with one attached hydrogen (secondary N) is 1. The Morgan fingerprint density at radius 1 is 1.21 bits per heavy atom. The van der Waals surface area contributed by atoms with Crippen molar-refractivity contribution in [3.63, 3.8) is 0 Å². The molecule has 1 N–H and O–H groups in total. The zero-order valence-corrected chi connectivity index (χ0v) is 17.9. The number of rotatable bonds is 6. The lowest BCUT2D eigenvalue weighted by Gasteiger charge is -2.18. The van der Waals surface area contributed by atoms with Gasteiger partial charge in [0.15, 0.2) is 0 Å². The van der Waals surface area contributed by atoms with E-state index in [2.05, 4.69) is 9.71 Å². The highest BCUT2D eigenvalue weighted by Gasteiger charge is 2.20. The van der Waals surface area contributed by atoms with Gasteiger partial charge in [0, 0.05) is 32.7 Å². The molecule has 1 aromatic rings. The van der Waals surface area contributed by atoms with E-state index in [-0.39, 0.29) is 17.1 Å². The Morgan fingerprint density at radius 3 is 2.61 bits per heavy atom. The molecule has 1 saturated heterocycles. The van der Waals surface area contributed by atoms with E-state index < -0.39 is 26.0 Å². The van der Waals surface area contributed by atoms with E-state index in [0.717, 1.165) is 36.4 Å². The number of amides is 1. The molecule has 2 rings (SSSR count). The SMILES string of the molecule is CN1CCCCC/C1=N/S(=O)(=O)c1cccc(NC(=O)CN(C)S(C)(=O)=O)c1. The van der Waals surface area contributed by atoms with E-state index >= 15 is 0 Å². The molecule has 1 aliphatic heterocycles. The molecule has 156 valence electrons. The number of likely N-dealkylation sites (tertiary alicyclic amines) is 1. The molecule has 9 nitrogen and oxygen atoms in total. The average Bonchev–Trinajstić information content (AvgIpc) is 2.78. The second kappa shape index (κ2) is 9.01. The van der Waals surface area contributed by atoms with Crippen LogP contribution in [0.2, 0.25) is 0 Å². The number of amidine groups is 1. The Kier molecular flexibility index (Phi) is 7.18. The van der Waals surface area contributed by atoms with Gasteiger partial charge in [-0.3, -0.25) is 4.79 Å². The number of anilines is 1. The van der Waals surface area contributed by atoms with Crippen molar-refractivity contribution in [2.75, 3.05) is 38.8 Å². The summed E-state index contributed by atoms with van der Waals surface area (Å²) < 4.78 is 53.1. The van der Waals surface area contributed by atoms with Gasteiger partial charge >= 0.3 is 0 Å². The molecule has 1 amide bonds. The molecular weight excluding hydrogens is 404 g/mol. The molecule has 1 aliphatic rings. The molecule has 0 saturated carbocycles. The van der Waals surface area contributed by atoms with E-state index in [1.807, 2.05) is 11.9 Å². The fraction of sp³-hybridized carbons (Fsp3) is 0.529. The summed E-state index contributed by atoms with van der Waals surface area (Å²) in [5, 5.41) is 2.51. The van der Waals surface area contributed by atoms with Crippen molar-refractivity contribution < 1.29 is 21.6 Å². The fourth-order valence-electron chi connectivity index (χ4n) is 2.69. The summed E-state index contributed by atoms with van der Waals surface area (Å²) in [5.41, 5.74) is 0.252. The number of sulfonamides is 2. The zero-order valence-electron chi connectivity index (χ0n) is 16.3. The Labute approximate surface area is 166 Å². The van der Waals surface area contributed by atoms with Gasteiger partial charge in [-0.15, -0.1) is 4.40 Å². The Hall–Kier alpha value is -1.98. The number of nitrogens with zero attached hydrogens (tertiary/aromatic N) is 3. The Balaban J connectivity index is 2.18. The van der Waals surface area contributed by atoms with E-state index in [4.69, 9.17) is 0 Å². The van der Waals surface area contributed by atoms with Crippen molar-refractivity contribution in [1.29, 1.82) is 0 Å². The van der Waals surface area contributed by atoms with Gasteiger partial charge in [0.1, 0.15) is 5.84 Å². The summed E-state index contributed by atoms with van der Waals surface area (Å²) in [6.45, 7) is 0.390. The third-order valence-corrected chi connectivity index (χ3v) is 6.97. The molecular formula is C17H26N4O5S2. The molecule has 0 aliphatic carbocycles. The van der Waals surface area contributed by atoms with Gasteiger partial charge in [-0.2, -0.15) is 12.7 Å². The van der Waals surface area contributed by atoms with Crippen LogP contribution in [0.1, 0.15) is 25.7 Å². The number of benzene rings is 1. The lowest BCUT2D eigenvalue weighted by Crippen LogP contribution is -2.34. The standard InChI is InChI=1S/C17H26N4O5S2/c1-20-11-6-4-5-10-16(20)19-28(25,26)15-9-7-8-14(12-15)18-17(22)13-21(2)27(3,23)24/h7-9,12H,4-6,10-11,13H2,1-3H3,(H,18,22)/b19-16-. The van der Waals surface area contributed by atoms with E-state index in [9.17, 15) is 21.6 Å². The highest BCUT2D eigenvalue weighted by Crippen LogP contribution is 2.20. The molecule has 11 heteroatoms. The summed E-state index contributed by atoms with van der Waals surface area (Å²) in [5.74, 6) is -0.0426. The first-order valence-corrected chi connectivity index (χ1v) is 12.1. The lowest BCUT2D eigenvalue weighted by molar-refractivity contribution is -0.116. The normalized spacial score (nSPS) is 17.6. The smallest absolute Gasteiger partial charge is 0.284 e. The summed E-state index contributed by atoms with van der Waals surface area (Å²) in [7, 11) is -4.30. The lowest BCUT2D eigenvalue weighted by atomic mass is 10.2. The first kappa shape index (κ1) is 22.3. The summed E-state index contributed by atoms with van der Waals surface area (Å²) in [6.07, 6.45) is 4.52. The minimum absolute atomic E-state index is 0.0353. The number of likely N-dealkylation sites (N-methyl/N-ethyl adjacent to an activating group) is 1. The first-order valence-electron chi connectivity index (χ1n) is 8.85. The Bertz CT molecular complexity index is 958. The average molecular weight is 431 g/mol. The van der Waals surface area contributed by atoms with Gasteiger partial charge < -0.3 is 10.2 Å². The maximum absolute atomic E-state index is 12.7. The van der Waals surface area contributed by atoms with Crippen molar-refractivity contribution in [1.82, 2.24) is 9.21 Å².